The van der Waals surface area contributed by atoms with Gasteiger partial charge in [-0.2, -0.15) is 0 Å². The van der Waals surface area contributed by atoms with Crippen LogP contribution in [0.15, 0.2) is 0 Å². The highest BCUT2D eigenvalue weighted by Crippen LogP contribution is 2.35. The van der Waals surface area contributed by atoms with Crippen LogP contribution in [0.25, 0.3) is 0 Å². The van der Waals surface area contributed by atoms with Gasteiger partial charge in [-0.1, -0.05) is 20.8 Å². The zero-order chi connectivity index (χ0) is 12.1. The van der Waals surface area contributed by atoms with Crippen molar-refractivity contribution in [3.05, 3.63) is 0 Å². The number of ether oxygens (including phenoxy) is 1. The molecule has 1 aliphatic rings. The van der Waals surface area contributed by atoms with E-state index >= 15 is 0 Å². The Labute approximate surface area is 100 Å². The van der Waals surface area contributed by atoms with Crippen molar-refractivity contribution in [3.8, 4) is 0 Å². The second-order valence-corrected chi connectivity index (χ2v) is 5.55. The van der Waals surface area contributed by atoms with Gasteiger partial charge in [0.05, 0.1) is 12.1 Å². The summed E-state index contributed by atoms with van der Waals surface area (Å²) in [6, 6.07) is 0.306. The van der Waals surface area contributed by atoms with Gasteiger partial charge in [0.25, 0.3) is 0 Å². The summed E-state index contributed by atoms with van der Waals surface area (Å²) in [4.78, 5) is 0. The van der Waals surface area contributed by atoms with Crippen molar-refractivity contribution in [2.45, 2.75) is 58.6 Å². The van der Waals surface area contributed by atoms with Gasteiger partial charge in [-0.05, 0) is 43.4 Å². The molecule has 4 atom stereocenters. The van der Waals surface area contributed by atoms with E-state index in [0.29, 0.717) is 12.0 Å². The highest BCUT2D eigenvalue weighted by Gasteiger charge is 2.33. The molecule has 0 aromatic carbocycles. The number of methoxy groups -OCH3 is 1. The van der Waals surface area contributed by atoms with E-state index in [9.17, 15) is 0 Å². The Balaban J connectivity index is 2.63. The van der Waals surface area contributed by atoms with Gasteiger partial charge < -0.3 is 4.74 Å². The van der Waals surface area contributed by atoms with Crippen LogP contribution in [0.3, 0.4) is 0 Å². The fourth-order valence-corrected chi connectivity index (χ4v) is 3.42. The fourth-order valence-electron chi connectivity index (χ4n) is 3.42. The van der Waals surface area contributed by atoms with E-state index in [0.717, 1.165) is 18.3 Å². The molecule has 0 radical (unpaired) electrons. The van der Waals surface area contributed by atoms with Crippen LogP contribution in [-0.4, -0.2) is 19.3 Å². The molecule has 3 nitrogen and oxygen atoms in total. The molecular weight excluding hydrogens is 200 g/mol. The summed E-state index contributed by atoms with van der Waals surface area (Å²) in [6.07, 6.45) is 5.17. The Morgan fingerprint density at radius 1 is 1.25 bits per heavy atom. The average molecular weight is 228 g/mol. The third kappa shape index (κ3) is 3.44. The van der Waals surface area contributed by atoms with Crippen LogP contribution in [0.1, 0.15) is 46.5 Å². The first kappa shape index (κ1) is 13.9. The second-order valence-electron chi connectivity index (χ2n) is 5.55. The lowest BCUT2D eigenvalue weighted by atomic mass is 9.72. The van der Waals surface area contributed by atoms with Crippen molar-refractivity contribution in [3.63, 3.8) is 0 Å². The predicted octanol–water partition coefficient (Wildman–Crippen LogP) is 2.32. The highest BCUT2D eigenvalue weighted by molar-refractivity contribution is 4.87. The van der Waals surface area contributed by atoms with E-state index in [1.54, 1.807) is 7.11 Å². The molecule has 1 aliphatic carbocycles. The average Bonchev–Trinajstić information content (AvgIpc) is 2.24. The Kier molecular flexibility index (Phi) is 5.73. The van der Waals surface area contributed by atoms with Crippen molar-refractivity contribution in [1.29, 1.82) is 0 Å². The van der Waals surface area contributed by atoms with Gasteiger partial charge in [0.15, 0.2) is 0 Å². The summed E-state index contributed by atoms with van der Waals surface area (Å²) in [6.45, 7) is 6.86. The Morgan fingerprint density at radius 2 is 1.81 bits per heavy atom. The van der Waals surface area contributed by atoms with E-state index in [1.807, 2.05) is 0 Å². The van der Waals surface area contributed by atoms with Crippen LogP contribution in [0, 0.1) is 17.8 Å². The molecule has 0 aromatic rings. The van der Waals surface area contributed by atoms with Gasteiger partial charge in [0.1, 0.15) is 0 Å². The molecule has 0 bridgehead atoms. The summed E-state index contributed by atoms with van der Waals surface area (Å²) in [5, 5.41) is 0. The topological polar surface area (TPSA) is 47.3 Å². The van der Waals surface area contributed by atoms with Crippen LogP contribution in [-0.2, 0) is 4.74 Å². The minimum absolute atomic E-state index is 0.243. The molecule has 1 fully saturated rings. The first-order valence-corrected chi connectivity index (χ1v) is 6.61. The summed E-state index contributed by atoms with van der Waals surface area (Å²) in [5.41, 5.74) is 2.99. The first-order chi connectivity index (χ1) is 7.62. The minimum atomic E-state index is 0.243. The van der Waals surface area contributed by atoms with Gasteiger partial charge in [0.2, 0.25) is 0 Å². The van der Waals surface area contributed by atoms with Crippen molar-refractivity contribution >= 4 is 0 Å². The third-order valence-corrected chi connectivity index (χ3v) is 4.02. The number of nitrogens with one attached hydrogen (secondary N) is 1. The van der Waals surface area contributed by atoms with Gasteiger partial charge in [-0.3, -0.25) is 11.3 Å². The Hall–Kier alpha value is -0.120. The number of rotatable bonds is 5. The first-order valence-electron chi connectivity index (χ1n) is 6.61. The molecule has 4 unspecified atom stereocenters. The number of hydrogen-bond donors (Lipinski definition) is 2. The molecule has 0 amide bonds. The molecule has 0 spiro atoms. The molecule has 0 aliphatic heterocycles. The molecular formula is C13H28N2O. The molecule has 96 valence electrons. The molecule has 0 aromatic heterocycles. The molecule has 3 heteroatoms. The van der Waals surface area contributed by atoms with E-state index in [-0.39, 0.29) is 6.10 Å². The monoisotopic (exact) mass is 228 g/mol. The van der Waals surface area contributed by atoms with Crippen LogP contribution in [0.2, 0.25) is 0 Å². The maximum absolute atomic E-state index is 5.72. The van der Waals surface area contributed by atoms with Gasteiger partial charge in [0, 0.05) is 7.11 Å². The van der Waals surface area contributed by atoms with Crippen LogP contribution in [0.4, 0.5) is 0 Å². The van der Waals surface area contributed by atoms with Gasteiger partial charge >= 0.3 is 0 Å². The van der Waals surface area contributed by atoms with Crippen LogP contribution in [0.5, 0.6) is 0 Å². The van der Waals surface area contributed by atoms with E-state index in [2.05, 4.69) is 26.2 Å². The Morgan fingerprint density at radius 3 is 2.19 bits per heavy atom. The largest absolute Gasteiger partial charge is 0.380 e. The number of nitrogens with two attached hydrogens (primary N) is 1. The predicted molar refractivity (Wildman–Crippen MR) is 67.9 cm³/mol. The van der Waals surface area contributed by atoms with Crippen molar-refractivity contribution in [2.75, 3.05) is 7.11 Å². The molecule has 16 heavy (non-hydrogen) atoms. The highest BCUT2D eigenvalue weighted by atomic mass is 16.5. The van der Waals surface area contributed by atoms with E-state index in [1.165, 1.54) is 19.3 Å². The van der Waals surface area contributed by atoms with Crippen LogP contribution >= 0.6 is 0 Å². The van der Waals surface area contributed by atoms with Crippen molar-refractivity contribution in [2.24, 2.45) is 23.6 Å². The molecule has 1 rings (SSSR count). The number of hydrazine groups is 1. The summed E-state index contributed by atoms with van der Waals surface area (Å²) < 4.78 is 5.53. The minimum Gasteiger partial charge on any atom is -0.380 e. The third-order valence-electron chi connectivity index (χ3n) is 4.02. The quantitative estimate of drug-likeness (QED) is 0.561. The smallest absolute Gasteiger partial charge is 0.0737 e. The lowest BCUT2D eigenvalue weighted by molar-refractivity contribution is 0.0260. The fraction of sp³-hybridized carbons (Fsp3) is 1.00. The van der Waals surface area contributed by atoms with Gasteiger partial charge in [-0.15, -0.1) is 0 Å². The summed E-state index contributed by atoms with van der Waals surface area (Å²) in [7, 11) is 1.79. The maximum atomic E-state index is 5.72. The zero-order valence-electron chi connectivity index (χ0n) is 11.2. The van der Waals surface area contributed by atoms with Crippen LogP contribution < -0.4 is 11.3 Å². The van der Waals surface area contributed by atoms with Gasteiger partial charge in [-0.25, -0.2) is 0 Å². The van der Waals surface area contributed by atoms with Crippen molar-refractivity contribution in [1.82, 2.24) is 5.43 Å². The normalized spacial score (nSPS) is 34.7. The summed E-state index contributed by atoms with van der Waals surface area (Å²) in [5.74, 6) is 8.01. The van der Waals surface area contributed by atoms with E-state index < -0.39 is 0 Å². The lowest BCUT2D eigenvalue weighted by Gasteiger charge is -2.39. The summed E-state index contributed by atoms with van der Waals surface area (Å²) >= 11 is 0. The molecule has 3 N–H and O–H groups in total. The lowest BCUT2D eigenvalue weighted by Crippen LogP contribution is -2.51. The zero-order valence-corrected chi connectivity index (χ0v) is 11.2. The molecule has 1 saturated carbocycles. The maximum Gasteiger partial charge on any atom is 0.0737 e. The Bertz CT molecular complexity index is 184. The number of hydrogen-bond acceptors (Lipinski definition) is 3. The van der Waals surface area contributed by atoms with Crippen molar-refractivity contribution < 1.29 is 4.74 Å². The SMILES string of the molecule is CCC(OC)C(NN)C1CC(C)CC(C)C1. The van der Waals surface area contributed by atoms with E-state index in [4.69, 9.17) is 10.6 Å². The second kappa shape index (κ2) is 6.58. The standard InChI is InChI=1S/C13H28N2O/c1-5-12(16-4)13(15-14)11-7-9(2)6-10(3)8-11/h9-13,15H,5-8,14H2,1-4H3. The molecule has 0 saturated heterocycles. The molecule has 0 heterocycles.